The Morgan fingerprint density at radius 1 is 1.07 bits per heavy atom. The lowest BCUT2D eigenvalue weighted by Crippen LogP contribution is -2.37. The summed E-state index contributed by atoms with van der Waals surface area (Å²) in [6.45, 7) is 2.69. The maximum absolute atomic E-state index is 10.0. The molecule has 28 heavy (non-hydrogen) atoms. The second kappa shape index (κ2) is 8.54. The van der Waals surface area contributed by atoms with Crippen molar-refractivity contribution in [3.63, 3.8) is 0 Å². The molecular formula is C22H25N3O3. The molecular weight excluding hydrogens is 354 g/mol. The lowest BCUT2D eigenvalue weighted by Gasteiger charge is -2.36. The number of ether oxygens (including phenoxy) is 2. The van der Waals surface area contributed by atoms with E-state index in [0.717, 1.165) is 42.2 Å². The first-order valence-corrected chi connectivity index (χ1v) is 9.61. The summed E-state index contributed by atoms with van der Waals surface area (Å²) in [5, 5.41) is 10.0. The third-order valence-corrected chi connectivity index (χ3v) is 5.32. The fourth-order valence-electron chi connectivity index (χ4n) is 3.59. The highest BCUT2D eigenvalue weighted by Crippen LogP contribution is 2.33. The molecule has 6 nitrogen and oxygen atoms in total. The van der Waals surface area contributed by atoms with Crippen molar-refractivity contribution in [1.29, 1.82) is 0 Å². The summed E-state index contributed by atoms with van der Waals surface area (Å²) < 4.78 is 13.5. The summed E-state index contributed by atoms with van der Waals surface area (Å²) in [5.74, 6) is 1.66. The van der Waals surface area contributed by atoms with Crippen LogP contribution in [0.2, 0.25) is 0 Å². The Bertz CT molecular complexity index is 889. The van der Waals surface area contributed by atoms with Crippen LogP contribution < -0.4 is 4.74 Å². The third kappa shape index (κ3) is 4.24. The normalized spacial score (nSPS) is 16.0. The molecule has 0 amide bonds. The Morgan fingerprint density at radius 3 is 2.75 bits per heavy atom. The molecule has 3 heterocycles. The SMILES string of the molecule is OCC1(Cn2ccnc2-c2cccc(OCc3ccccn3)c2)CCOCC1. The van der Waals surface area contributed by atoms with Crippen molar-refractivity contribution < 1.29 is 14.6 Å². The van der Waals surface area contributed by atoms with E-state index in [-0.39, 0.29) is 12.0 Å². The Hall–Kier alpha value is -2.70. The molecule has 146 valence electrons. The van der Waals surface area contributed by atoms with Crippen LogP contribution in [0.25, 0.3) is 11.4 Å². The lowest BCUT2D eigenvalue weighted by molar-refractivity contribution is -0.0250. The molecule has 0 spiro atoms. The van der Waals surface area contributed by atoms with E-state index in [1.807, 2.05) is 48.7 Å². The van der Waals surface area contributed by atoms with Gasteiger partial charge in [-0.1, -0.05) is 18.2 Å². The Kier molecular flexibility index (Phi) is 5.69. The van der Waals surface area contributed by atoms with Gasteiger partial charge in [0.1, 0.15) is 18.2 Å². The zero-order chi connectivity index (χ0) is 19.2. The molecule has 0 aliphatic carbocycles. The number of benzene rings is 1. The Labute approximate surface area is 164 Å². The number of aromatic nitrogens is 3. The Morgan fingerprint density at radius 2 is 1.96 bits per heavy atom. The summed E-state index contributed by atoms with van der Waals surface area (Å²) in [6, 6.07) is 13.7. The summed E-state index contributed by atoms with van der Waals surface area (Å²) in [4.78, 5) is 8.85. The molecule has 1 aliphatic rings. The maximum atomic E-state index is 10.0. The maximum Gasteiger partial charge on any atom is 0.140 e. The van der Waals surface area contributed by atoms with Gasteiger partial charge in [-0.2, -0.15) is 0 Å². The Balaban J connectivity index is 1.51. The van der Waals surface area contributed by atoms with E-state index in [1.165, 1.54) is 0 Å². The first-order valence-electron chi connectivity index (χ1n) is 9.61. The highest BCUT2D eigenvalue weighted by atomic mass is 16.5. The van der Waals surface area contributed by atoms with Gasteiger partial charge in [0.25, 0.3) is 0 Å². The van der Waals surface area contributed by atoms with Gasteiger partial charge in [-0.25, -0.2) is 4.98 Å². The zero-order valence-electron chi connectivity index (χ0n) is 15.8. The van der Waals surface area contributed by atoms with Crippen LogP contribution in [0.3, 0.4) is 0 Å². The predicted molar refractivity (Wildman–Crippen MR) is 106 cm³/mol. The van der Waals surface area contributed by atoms with Crippen LogP contribution in [0.1, 0.15) is 18.5 Å². The number of aliphatic hydroxyl groups is 1. The van der Waals surface area contributed by atoms with Gasteiger partial charge in [-0.3, -0.25) is 4.98 Å². The van der Waals surface area contributed by atoms with Crippen molar-refractivity contribution in [2.45, 2.75) is 26.0 Å². The van der Waals surface area contributed by atoms with E-state index >= 15 is 0 Å². The van der Waals surface area contributed by atoms with Crippen molar-refractivity contribution in [1.82, 2.24) is 14.5 Å². The highest BCUT2D eigenvalue weighted by Gasteiger charge is 2.33. The summed E-state index contributed by atoms with van der Waals surface area (Å²) >= 11 is 0. The van der Waals surface area contributed by atoms with Crippen LogP contribution in [0, 0.1) is 5.41 Å². The largest absolute Gasteiger partial charge is 0.487 e. The molecule has 0 atom stereocenters. The predicted octanol–water partition coefficient (Wildman–Crippen LogP) is 3.31. The number of hydrogen-bond donors (Lipinski definition) is 1. The van der Waals surface area contributed by atoms with Gasteiger partial charge in [-0.05, 0) is 37.1 Å². The quantitative estimate of drug-likeness (QED) is 0.682. The average molecular weight is 379 g/mol. The first kappa shape index (κ1) is 18.7. The molecule has 1 saturated heterocycles. The van der Waals surface area contributed by atoms with E-state index in [4.69, 9.17) is 9.47 Å². The van der Waals surface area contributed by atoms with E-state index in [9.17, 15) is 5.11 Å². The minimum Gasteiger partial charge on any atom is -0.487 e. The first-order chi connectivity index (χ1) is 13.8. The fraction of sp³-hybridized carbons (Fsp3) is 0.364. The number of nitrogens with zero attached hydrogens (tertiary/aromatic N) is 3. The van der Waals surface area contributed by atoms with Gasteiger partial charge in [0, 0.05) is 49.3 Å². The molecule has 3 aromatic rings. The van der Waals surface area contributed by atoms with Gasteiger partial charge >= 0.3 is 0 Å². The van der Waals surface area contributed by atoms with Crippen molar-refractivity contribution >= 4 is 0 Å². The van der Waals surface area contributed by atoms with E-state index in [0.29, 0.717) is 19.8 Å². The standard InChI is InChI=1S/C22H25N3O3/c26-17-22(7-12-27-13-8-22)16-25-11-10-24-21(25)18-4-3-6-20(14-18)28-15-19-5-1-2-9-23-19/h1-6,9-11,14,26H,7-8,12-13,15-17H2. The second-order valence-electron chi connectivity index (χ2n) is 7.29. The minimum atomic E-state index is -0.152. The second-order valence-corrected chi connectivity index (χ2v) is 7.29. The van der Waals surface area contributed by atoms with Crippen molar-refractivity contribution in [2.24, 2.45) is 5.41 Å². The van der Waals surface area contributed by atoms with Crippen LogP contribution in [0.4, 0.5) is 0 Å². The molecule has 4 rings (SSSR count). The van der Waals surface area contributed by atoms with Crippen molar-refractivity contribution in [3.8, 4) is 17.1 Å². The average Bonchev–Trinajstić information content (AvgIpc) is 3.22. The fourth-order valence-corrected chi connectivity index (χ4v) is 3.59. The highest BCUT2D eigenvalue weighted by molar-refractivity contribution is 5.58. The van der Waals surface area contributed by atoms with E-state index in [2.05, 4.69) is 14.5 Å². The molecule has 0 radical (unpaired) electrons. The zero-order valence-corrected chi connectivity index (χ0v) is 15.8. The number of imidazole rings is 1. The van der Waals surface area contributed by atoms with Crippen molar-refractivity contribution in [2.75, 3.05) is 19.8 Å². The number of pyridine rings is 1. The van der Waals surface area contributed by atoms with Crippen LogP contribution >= 0.6 is 0 Å². The van der Waals surface area contributed by atoms with Gasteiger partial charge in [0.05, 0.1) is 12.3 Å². The molecule has 0 saturated carbocycles. The van der Waals surface area contributed by atoms with Crippen molar-refractivity contribution in [3.05, 3.63) is 66.7 Å². The molecule has 1 fully saturated rings. The molecule has 1 N–H and O–H groups in total. The molecule has 0 unspecified atom stereocenters. The van der Waals surface area contributed by atoms with Crippen LogP contribution in [-0.4, -0.2) is 39.5 Å². The molecule has 1 aromatic carbocycles. The summed E-state index contributed by atoms with van der Waals surface area (Å²) in [7, 11) is 0. The summed E-state index contributed by atoms with van der Waals surface area (Å²) in [5.41, 5.74) is 1.73. The number of hydrogen-bond acceptors (Lipinski definition) is 5. The monoisotopic (exact) mass is 379 g/mol. The lowest BCUT2D eigenvalue weighted by atomic mass is 9.81. The van der Waals surface area contributed by atoms with Crippen LogP contribution in [0.5, 0.6) is 5.75 Å². The van der Waals surface area contributed by atoms with Crippen LogP contribution in [0.15, 0.2) is 61.1 Å². The van der Waals surface area contributed by atoms with E-state index < -0.39 is 0 Å². The van der Waals surface area contributed by atoms with Crippen LogP contribution in [-0.2, 0) is 17.9 Å². The summed E-state index contributed by atoms with van der Waals surface area (Å²) in [6.07, 6.45) is 7.26. The minimum absolute atomic E-state index is 0.152. The molecule has 1 aliphatic heterocycles. The molecule has 2 aromatic heterocycles. The smallest absolute Gasteiger partial charge is 0.140 e. The number of rotatable bonds is 7. The van der Waals surface area contributed by atoms with Gasteiger partial charge in [0.15, 0.2) is 0 Å². The molecule has 6 heteroatoms. The topological polar surface area (TPSA) is 69.4 Å². The number of aliphatic hydroxyl groups excluding tert-OH is 1. The third-order valence-electron chi connectivity index (χ3n) is 5.32. The van der Waals surface area contributed by atoms with Gasteiger partial charge < -0.3 is 19.1 Å². The van der Waals surface area contributed by atoms with E-state index in [1.54, 1.807) is 12.4 Å². The van der Waals surface area contributed by atoms with Gasteiger partial charge in [0.2, 0.25) is 0 Å². The van der Waals surface area contributed by atoms with Gasteiger partial charge in [-0.15, -0.1) is 0 Å². The molecule has 0 bridgehead atoms.